The van der Waals surface area contributed by atoms with Crippen molar-refractivity contribution in [3.8, 4) is 11.5 Å². The van der Waals surface area contributed by atoms with Crippen LogP contribution in [0.1, 0.15) is 46.7 Å². The van der Waals surface area contributed by atoms with Crippen LogP contribution in [0.25, 0.3) is 0 Å². The molecule has 2 aliphatic heterocycles. The van der Waals surface area contributed by atoms with E-state index in [2.05, 4.69) is 9.97 Å². The van der Waals surface area contributed by atoms with Crippen molar-refractivity contribution in [2.45, 2.75) is 56.6 Å². The van der Waals surface area contributed by atoms with Crippen LogP contribution in [0.5, 0.6) is 11.5 Å². The van der Waals surface area contributed by atoms with Crippen molar-refractivity contribution in [2.24, 2.45) is 0 Å². The lowest BCUT2D eigenvalue weighted by molar-refractivity contribution is -0.0916. The van der Waals surface area contributed by atoms with Crippen molar-refractivity contribution in [1.29, 1.82) is 0 Å². The number of hydrogen-bond donors (Lipinski definition) is 2. The van der Waals surface area contributed by atoms with Gasteiger partial charge in [0, 0.05) is 29.9 Å². The fraction of sp³-hybridized carbons (Fsp3) is 0.317. The predicted molar refractivity (Wildman–Crippen MR) is 217 cm³/mol. The van der Waals surface area contributed by atoms with E-state index in [9.17, 15) is 19.2 Å². The first kappa shape index (κ1) is 40.9. The highest BCUT2D eigenvalue weighted by Gasteiger charge is 2.46. The number of hydrogen-bond acceptors (Lipinski definition) is 12. The highest BCUT2D eigenvalue weighted by Crippen LogP contribution is 2.44. The molecule has 2 aromatic heterocycles. The summed E-state index contributed by atoms with van der Waals surface area (Å²) in [5.74, 6) is 1.34. The molecule has 1 fully saturated rings. The molecule has 58 heavy (non-hydrogen) atoms. The zero-order valence-corrected chi connectivity index (χ0v) is 33.8. The molecule has 0 aliphatic carbocycles. The fourth-order valence-corrected chi connectivity index (χ4v) is 8.29. The molecule has 17 heteroatoms. The molecule has 0 amide bonds. The van der Waals surface area contributed by atoms with E-state index in [-0.39, 0.29) is 19.6 Å². The van der Waals surface area contributed by atoms with E-state index in [4.69, 9.17) is 44.5 Å². The lowest BCUT2D eigenvalue weighted by Crippen LogP contribution is -2.38. The second-order valence-corrected chi connectivity index (χ2v) is 15.6. The Morgan fingerprint density at radius 2 is 1.29 bits per heavy atom. The third kappa shape index (κ3) is 8.59. The smallest absolute Gasteiger partial charge is 0.497 e. The van der Waals surface area contributed by atoms with Gasteiger partial charge in [0.1, 0.15) is 48.2 Å². The van der Waals surface area contributed by atoms with E-state index in [0.717, 1.165) is 16.7 Å². The number of H-pyrrole nitrogens is 2. The molecule has 6 atom stereocenters. The van der Waals surface area contributed by atoms with Gasteiger partial charge >= 0.3 is 18.5 Å². The minimum absolute atomic E-state index is 0.0160. The van der Waals surface area contributed by atoms with Crippen molar-refractivity contribution < 1.29 is 32.7 Å². The summed E-state index contributed by atoms with van der Waals surface area (Å²) in [6.07, 6.45) is 2.86. The van der Waals surface area contributed by atoms with Gasteiger partial charge in [-0.15, -0.1) is 9.05 Å². The molecule has 15 nitrogen and oxygen atoms in total. The molecular formula is C41H42N4O11PS+. The Morgan fingerprint density at radius 3 is 1.88 bits per heavy atom. The minimum atomic E-state index is -1.96. The number of aromatic amines is 2. The van der Waals surface area contributed by atoms with Gasteiger partial charge in [0.05, 0.1) is 20.8 Å². The number of nitrogens with zero attached hydrogens (tertiary/aromatic N) is 2. The van der Waals surface area contributed by atoms with E-state index in [0.29, 0.717) is 22.6 Å². The van der Waals surface area contributed by atoms with Gasteiger partial charge in [-0.2, -0.15) is 0 Å². The Labute approximate surface area is 338 Å². The summed E-state index contributed by atoms with van der Waals surface area (Å²) in [6, 6.07) is 25.0. The van der Waals surface area contributed by atoms with Gasteiger partial charge in [-0.25, -0.2) is 9.59 Å². The summed E-state index contributed by atoms with van der Waals surface area (Å²) < 4.78 is 45.6. The van der Waals surface area contributed by atoms with Crippen LogP contribution in [0.15, 0.2) is 123 Å². The number of rotatable bonds is 15. The summed E-state index contributed by atoms with van der Waals surface area (Å²) in [5, 5.41) is 0. The molecule has 2 aliphatic rings. The van der Waals surface area contributed by atoms with Crippen molar-refractivity contribution in [3.05, 3.63) is 173 Å². The second-order valence-electron chi connectivity index (χ2n) is 13.8. The van der Waals surface area contributed by atoms with Crippen molar-refractivity contribution in [2.75, 3.05) is 27.4 Å². The molecule has 1 saturated heterocycles. The number of nitrogens with one attached hydrogen (secondary N) is 2. The molecule has 1 unspecified atom stereocenters. The van der Waals surface area contributed by atoms with Crippen molar-refractivity contribution in [1.82, 2.24) is 19.1 Å². The summed E-state index contributed by atoms with van der Waals surface area (Å²) in [4.78, 5) is 54.2. The van der Waals surface area contributed by atoms with Gasteiger partial charge in [-0.05, 0) is 60.9 Å². The van der Waals surface area contributed by atoms with E-state index in [1.807, 2.05) is 78.9 Å². The molecule has 2 N–H and O–H groups in total. The lowest BCUT2D eigenvalue weighted by atomic mass is 9.80. The van der Waals surface area contributed by atoms with Crippen molar-refractivity contribution in [3.63, 3.8) is 0 Å². The second kappa shape index (κ2) is 17.7. The molecule has 3 aromatic carbocycles. The Bertz CT molecular complexity index is 2470. The maximum atomic E-state index is 13.1. The van der Waals surface area contributed by atoms with E-state index in [1.54, 1.807) is 40.2 Å². The molecule has 5 aromatic rings. The van der Waals surface area contributed by atoms with Crippen LogP contribution in [0.2, 0.25) is 0 Å². The highest BCUT2D eigenvalue weighted by molar-refractivity contribution is 8.00. The first-order chi connectivity index (χ1) is 28.0. The average molecular weight is 830 g/mol. The summed E-state index contributed by atoms with van der Waals surface area (Å²) >= 11 is 5.70. The van der Waals surface area contributed by atoms with Crippen LogP contribution in [0, 0.1) is 13.8 Å². The van der Waals surface area contributed by atoms with Crippen LogP contribution < -0.4 is 32.0 Å². The third-order valence-corrected chi connectivity index (χ3v) is 11.4. The number of ether oxygens (including phenoxy) is 5. The van der Waals surface area contributed by atoms with Gasteiger partial charge in [0.15, 0.2) is 6.23 Å². The zero-order chi connectivity index (χ0) is 41.0. The number of aryl methyl sites for hydroxylation is 2. The van der Waals surface area contributed by atoms with Gasteiger partial charge in [0.25, 0.3) is 11.1 Å². The third-order valence-electron chi connectivity index (χ3n) is 10.1. The van der Waals surface area contributed by atoms with Gasteiger partial charge < -0.3 is 23.7 Å². The largest absolute Gasteiger partial charge is 0.522 e. The van der Waals surface area contributed by atoms with E-state index in [1.165, 1.54) is 21.5 Å². The molecule has 302 valence electrons. The topological polar surface area (TPSA) is 174 Å². The predicted octanol–water partition coefficient (Wildman–Crippen LogP) is 4.65. The monoisotopic (exact) mass is 829 g/mol. The van der Waals surface area contributed by atoms with Crippen LogP contribution in [-0.4, -0.2) is 64.8 Å². The summed E-state index contributed by atoms with van der Waals surface area (Å²) in [5.41, 5.74) is -0.233. The first-order valence-electron chi connectivity index (χ1n) is 18.4. The average Bonchev–Trinajstić information content (AvgIpc) is 3.88. The fourth-order valence-electron chi connectivity index (χ4n) is 7.01. The molecule has 4 heterocycles. The van der Waals surface area contributed by atoms with Gasteiger partial charge in [0.2, 0.25) is 11.8 Å². The molecule has 0 radical (unpaired) electrons. The van der Waals surface area contributed by atoms with Crippen molar-refractivity contribution >= 4 is 19.0 Å². The Hall–Kier alpha value is -5.32. The Balaban J connectivity index is 1.16. The number of benzene rings is 3. The maximum Gasteiger partial charge on any atom is 0.522 e. The standard InChI is InChI=1S/C41H41N4O11PS/c1-25-21-44(39(48)42-37(25)46)35-19-18-32(54-35)23-53-57(58)56-33-20-36(45-22-26(2)38(47)43-40(45)49)55-34(33)24-52-41(27-8-6-5-7-9-27,28-10-14-30(50-3)15-11-28)29-12-16-31(51-4)17-13-29/h5-19,21-22,32-36H,20,23-24H2,1-4H3,(H-,42,43,46,47,48,49)/p+1/t32-,33-,34+,35+,36+/m0/s1. The van der Waals surface area contributed by atoms with E-state index >= 15 is 0 Å². The van der Waals surface area contributed by atoms with Crippen LogP contribution in [0.3, 0.4) is 0 Å². The van der Waals surface area contributed by atoms with E-state index < -0.39 is 66.0 Å². The Kier molecular flexibility index (Phi) is 12.4. The van der Waals surface area contributed by atoms with Crippen LogP contribution >= 0.6 is 7.15 Å². The molecule has 0 spiro atoms. The normalized spacial score (nSPS) is 20.6. The number of methoxy groups -OCH3 is 2. The maximum absolute atomic E-state index is 13.1. The SMILES string of the molecule is COc1ccc(C(OC[C@H]2O[C@@H](n3cc(C)c(=O)[nH]c3=O)C[C@@H]2O[P+](=S)OC[C@@H]2C=C[C@H](n3cc(C)c(=O)[nH]c3=O)O2)(c2ccccc2)c2ccc(OC)cc2)cc1. The zero-order valence-electron chi connectivity index (χ0n) is 32.1. The van der Waals surface area contributed by atoms with Gasteiger partial charge in [-0.3, -0.25) is 28.7 Å². The molecule has 0 saturated carbocycles. The molecular weight excluding hydrogens is 788 g/mol. The summed E-state index contributed by atoms with van der Waals surface area (Å²) in [6.45, 7) is 3.18. The number of aromatic nitrogens is 4. The highest BCUT2D eigenvalue weighted by atomic mass is 32.4. The van der Waals surface area contributed by atoms with Crippen LogP contribution in [0.4, 0.5) is 0 Å². The first-order valence-corrected chi connectivity index (χ1v) is 20.6. The van der Waals surface area contributed by atoms with Gasteiger partial charge in [-0.1, -0.05) is 60.7 Å². The lowest BCUT2D eigenvalue weighted by Gasteiger charge is -2.37. The molecule has 7 rings (SSSR count). The Morgan fingerprint density at radius 1 is 0.741 bits per heavy atom. The summed E-state index contributed by atoms with van der Waals surface area (Å²) in [7, 11) is 1.24. The minimum Gasteiger partial charge on any atom is -0.497 e. The quantitative estimate of drug-likeness (QED) is 0.0852. The molecule has 0 bridgehead atoms. The van der Waals surface area contributed by atoms with Crippen LogP contribution in [-0.2, 0) is 40.7 Å².